The summed E-state index contributed by atoms with van der Waals surface area (Å²) in [6, 6.07) is 1.16. The fourth-order valence-electron chi connectivity index (χ4n) is 2.56. The van der Waals surface area contributed by atoms with Crippen molar-refractivity contribution in [3.8, 4) is 0 Å². The number of rotatable bonds is 6. The number of sulfonamides is 2. The molecule has 11 nitrogen and oxygen atoms in total. The van der Waals surface area contributed by atoms with Gasteiger partial charge in [0, 0.05) is 39.4 Å². The number of aromatic nitrogens is 1. The summed E-state index contributed by atoms with van der Waals surface area (Å²) in [5.41, 5.74) is -0.0153. The van der Waals surface area contributed by atoms with E-state index >= 15 is 0 Å². The van der Waals surface area contributed by atoms with E-state index in [0.717, 1.165) is 12.3 Å². The molecule has 1 aliphatic rings. The Morgan fingerprint density at radius 3 is 2.26 bits per heavy atom. The normalized spacial score (nSPS) is 16.3. The molecule has 0 aromatic carbocycles. The van der Waals surface area contributed by atoms with Gasteiger partial charge >= 0.3 is 5.97 Å². The van der Waals surface area contributed by atoms with Crippen molar-refractivity contribution in [2.24, 2.45) is 7.05 Å². The molecule has 1 aromatic heterocycles. The fourth-order valence-corrected chi connectivity index (χ4v) is 4.19. The van der Waals surface area contributed by atoms with E-state index in [1.54, 1.807) is 0 Å². The number of ether oxygens (including phenoxy) is 1. The number of nitrogens with zero attached hydrogens (tertiary/aromatic N) is 3. The van der Waals surface area contributed by atoms with Crippen molar-refractivity contribution in [1.29, 1.82) is 0 Å². The zero-order chi connectivity index (χ0) is 20.4. The van der Waals surface area contributed by atoms with Crippen molar-refractivity contribution < 1.29 is 31.2 Å². The lowest BCUT2D eigenvalue weighted by Gasteiger charge is -2.33. The van der Waals surface area contributed by atoms with Gasteiger partial charge in [-0.1, -0.05) is 0 Å². The summed E-state index contributed by atoms with van der Waals surface area (Å²) in [4.78, 5) is 25.6. The van der Waals surface area contributed by atoms with Crippen molar-refractivity contribution in [2.75, 3.05) is 46.1 Å². The molecule has 27 heavy (non-hydrogen) atoms. The zero-order valence-corrected chi connectivity index (χ0v) is 16.8. The SMILES string of the molecule is CNS(=O)(=O)c1cc(C(=O)OCC(=O)N2CCN(S(C)(=O)=O)CC2)n(C)c1. The van der Waals surface area contributed by atoms with Crippen LogP contribution in [0.4, 0.5) is 0 Å². The smallest absolute Gasteiger partial charge is 0.355 e. The van der Waals surface area contributed by atoms with Crippen LogP contribution in [0.3, 0.4) is 0 Å². The van der Waals surface area contributed by atoms with Gasteiger partial charge < -0.3 is 14.2 Å². The first kappa shape index (κ1) is 21.3. The van der Waals surface area contributed by atoms with Gasteiger partial charge in [0.15, 0.2) is 6.61 Å². The molecule has 1 aliphatic heterocycles. The molecular weight excluding hydrogens is 400 g/mol. The molecule has 13 heteroatoms. The molecule has 1 aromatic rings. The Labute approximate surface area is 158 Å². The van der Waals surface area contributed by atoms with Crippen molar-refractivity contribution in [1.82, 2.24) is 18.5 Å². The molecule has 0 atom stereocenters. The van der Waals surface area contributed by atoms with Crippen LogP contribution in [-0.2, 0) is 36.6 Å². The van der Waals surface area contributed by atoms with E-state index in [9.17, 15) is 26.4 Å². The number of nitrogens with one attached hydrogen (secondary N) is 1. The molecule has 0 spiro atoms. The van der Waals surface area contributed by atoms with Crippen LogP contribution in [0.15, 0.2) is 17.2 Å². The molecule has 0 unspecified atom stereocenters. The lowest BCUT2D eigenvalue weighted by Crippen LogP contribution is -2.51. The maximum absolute atomic E-state index is 12.2. The second kappa shape index (κ2) is 7.96. The monoisotopic (exact) mass is 422 g/mol. The summed E-state index contributed by atoms with van der Waals surface area (Å²) < 4.78 is 56.2. The molecule has 1 N–H and O–H groups in total. The maximum Gasteiger partial charge on any atom is 0.355 e. The summed E-state index contributed by atoms with van der Waals surface area (Å²) in [5, 5.41) is 0. The van der Waals surface area contributed by atoms with Crippen LogP contribution in [0, 0.1) is 0 Å². The lowest BCUT2D eigenvalue weighted by molar-refractivity contribution is -0.135. The van der Waals surface area contributed by atoms with Crippen molar-refractivity contribution in [3.05, 3.63) is 18.0 Å². The van der Waals surface area contributed by atoms with E-state index in [2.05, 4.69) is 4.72 Å². The van der Waals surface area contributed by atoms with Crippen LogP contribution in [0.2, 0.25) is 0 Å². The number of hydrogen-bond acceptors (Lipinski definition) is 7. The van der Waals surface area contributed by atoms with E-state index in [1.807, 2.05) is 0 Å². The number of amides is 1. The molecular formula is C14H22N4O7S2. The van der Waals surface area contributed by atoms with Gasteiger partial charge in [0.05, 0.1) is 6.26 Å². The molecule has 2 heterocycles. The summed E-state index contributed by atoms with van der Waals surface area (Å²) >= 11 is 0. The van der Waals surface area contributed by atoms with Crippen LogP contribution in [0.5, 0.6) is 0 Å². The molecule has 1 fully saturated rings. The first-order chi connectivity index (χ1) is 12.5. The van der Waals surface area contributed by atoms with Crippen LogP contribution in [0.1, 0.15) is 10.5 Å². The van der Waals surface area contributed by atoms with Gasteiger partial charge in [-0.3, -0.25) is 4.79 Å². The number of aryl methyl sites for hydroxylation is 1. The van der Waals surface area contributed by atoms with Gasteiger partial charge in [-0.25, -0.2) is 26.4 Å². The topological polar surface area (TPSA) is 135 Å². The Kier molecular flexibility index (Phi) is 6.29. The second-order valence-corrected chi connectivity index (χ2v) is 9.87. The molecule has 0 saturated carbocycles. The van der Waals surface area contributed by atoms with Gasteiger partial charge in [0.1, 0.15) is 10.6 Å². The highest BCUT2D eigenvalue weighted by Crippen LogP contribution is 2.14. The van der Waals surface area contributed by atoms with Crippen molar-refractivity contribution in [3.63, 3.8) is 0 Å². The zero-order valence-electron chi connectivity index (χ0n) is 15.2. The number of hydrogen-bond donors (Lipinski definition) is 1. The first-order valence-electron chi connectivity index (χ1n) is 7.95. The predicted octanol–water partition coefficient (Wildman–Crippen LogP) is -1.81. The molecule has 0 radical (unpaired) electrons. The molecule has 2 rings (SSSR count). The highest BCUT2D eigenvalue weighted by Gasteiger charge is 2.27. The predicted molar refractivity (Wildman–Crippen MR) is 94.9 cm³/mol. The lowest BCUT2D eigenvalue weighted by atomic mass is 10.3. The highest BCUT2D eigenvalue weighted by atomic mass is 32.2. The summed E-state index contributed by atoms with van der Waals surface area (Å²) in [7, 11) is -4.27. The largest absolute Gasteiger partial charge is 0.451 e. The molecule has 1 amide bonds. The minimum atomic E-state index is -3.71. The molecule has 152 valence electrons. The summed E-state index contributed by atoms with van der Waals surface area (Å²) in [6.07, 6.45) is 2.36. The van der Waals surface area contributed by atoms with E-state index in [4.69, 9.17) is 4.74 Å². The van der Waals surface area contributed by atoms with Gasteiger partial charge in [0.2, 0.25) is 20.0 Å². The number of esters is 1. The fraction of sp³-hybridized carbons (Fsp3) is 0.571. The van der Waals surface area contributed by atoms with Gasteiger partial charge in [-0.15, -0.1) is 0 Å². The minimum Gasteiger partial charge on any atom is -0.451 e. The van der Waals surface area contributed by atoms with Crippen LogP contribution >= 0.6 is 0 Å². The molecule has 0 aliphatic carbocycles. The van der Waals surface area contributed by atoms with E-state index in [-0.39, 0.29) is 36.8 Å². The second-order valence-electron chi connectivity index (χ2n) is 6.00. The number of carbonyl (C=O) groups is 2. The van der Waals surface area contributed by atoms with Gasteiger partial charge in [-0.05, 0) is 13.1 Å². The van der Waals surface area contributed by atoms with Gasteiger partial charge in [0.25, 0.3) is 5.91 Å². The standard InChI is InChI=1S/C14H22N4O7S2/c1-15-27(23,24)11-8-12(16(2)9-11)14(20)25-10-13(19)17-4-6-18(7-5-17)26(3,21)22/h8-9,15H,4-7,10H2,1-3H3. The van der Waals surface area contributed by atoms with Crippen molar-refractivity contribution in [2.45, 2.75) is 4.90 Å². The maximum atomic E-state index is 12.2. The molecule has 1 saturated heterocycles. The Morgan fingerprint density at radius 2 is 1.74 bits per heavy atom. The Balaban J connectivity index is 1.94. The van der Waals surface area contributed by atoms with Crippen LogP contribution in [0.25, 0.3) is 0 Å². The third-order valence-electron chi connectivity index (χ3n) is 4.16. The van der Waals surface area contributed by atoms with Crippen LogP contribution in [-0.4, -0.2) is 88.6 Å². The quantitative estimate of drug-likeness (QED) is 0.534. The van der Waals surface area contributed by atoms with E-state index in [1.165, 1.54) is 34.1 Å². The number of carbonyl (C=O) groups excluding carboxylic acids is 2. The third-order valence-corrected chi connectivity index (χ3v) is 6.84. The van der Waals surface area contributed by atoms with Crippen LogP contribution < -0.4 is 4.72 Å². The van der Waals surface area contributed by atoms with E-state index in [0.29, 0.717) is 0 Å². The summed E-state index contributed by atoms with van der Waals surface area (Å²) in [5.74, 6) is -1.29. The number of piperazine rings is 1. The van der Waals surface area contributed by atoms with E-state index < -0.39 is 38.5 Å². The molecule has 0 bridgehead atoms. The van der Waals surface area contributed by atoms with Gasteiger partial charge in [-0.2, -0.15) is 4.31 Å². The Morgan fingerprint density at radius 1 is 1.15 bits per heavy atom. The average Bonchev–Trinajstić information content (AvgIpc) is 3.01. The Hall–Kier alpha value is -1.96. The third kappa shape index (κ3) is 5.06. The summed E-state index contributed by atoms with van der Waals surface area (Å²) in [6.45, 7) is 0.260. The minimum absolute atomic E-state index is 0.0153. The Bertz CT molecular complexity index is 929. The van der Waals surface area contributed by atoms with Crippen molar-refractivity contribution >= 4 is 31.9 Å². The highest BCUT2D eigenvalue weighted by molar-refractivity contribution is 7.89. The average molecular weight is 422 g/mol. The first-order valence-corrected chi connectivity index (χ1v) is 11.3.